The van der Waals surface area contributed by atoms with Gasteiger partial charge < -0.3 is 14.5 Å². The minimum atomic E-state index is -0.0626. The number of ether oxygens (including phenoxy) is 1. The van der Waals surface area contributed by atoms with Crippen LogP contribution in [0.3, 0.4) is 0 Å². The van der Waals surface area contributed by atoms with Crippen LogP contribution >= 0.6 is 0 Å². The number of aryl methyl sites for hydroxylation is 2. The lowest BCUT2D eigenvalue weighted by Crippen LogP contribution is -2.21. The van der Waals surface area contributed by atoms with E-state index in [1.807, 2.05) is 31.3 Å². The maximum atomic E-state index is 12.5. The molecule has 0 radical (unpaired) electrons. The third kappa shape index (κ3) is 2.69. The minimum Gasteiger partial charge on any atom is -0.494 e. The van der Waals surface area contributed by atoms with Crippen molar-refractivity contribution in [1.29, 1.82) is 0 Å². The highest BCUT2D eigenvalue weighted by Crippen LogP contribution is 2.40. The number of amides is 1. The van der Waals surface area contributed by atoms with Gasteiger partial charge in [0, 0.05) is 24.1 Å². The molecule has 27 heavy (non-hydrogen) atoms. The van der Waals surface area contributed by atoms with E-state index in [9.17, 15) is 4.79 Å². The molecular formula is C22H23N3O2. The molecule has 2 aromatic heterocycles. The quantitative estimate of drug-likeness (QED) is 0.778. The largest absolute Gasteiger partial charge is 0.494 e. The zero-order valence-electron chi connectivity index (χ0n) is 15.5. The molecule has 0 saturated heterocycles. The molecule has 2 aliphatic rings. The number of imidazole rings is 1. The van der Waals surface area contributed by atoms with Crippen LogP contribution in [-0.4, -0.2) is 21.9 Å². The lowest BCUT2D eigenvalue weighted by atomic mass is 9.88. The molecule has 0 bridgehead atoms. The maximum Gasteiger partial charge on any atom is 0.221 e. The fourth-order valence-electron chi connectivity index (χ4n) is 4.53. The summed E-state index contributed by atoms with van der Waals surface area (Å²) in [6.07, 6.45) is 5.86. The molecule has 1 amide bonds. The Bertz CT molecular complexity index is 1040. The molecule has 0 spiro atoms. The van der Waals surface area contributed by atoms with Gasteiger partial charge in [0.1, 0.15) is 11.4 Å². The summed E-state index contributed by atoms with van der Waals surface area (Å²) >= 11 is 0. The minimum absolute atomic E-state index is 0.0608. The van der Waals surface area contributed by atoms with Crippen molar-refractivity contribution in [3.8, 4) is 5.75 Å². The average molecular weight is 361 g/mol. The van der Waals surface area contributed by atoms with E-state index in [4.69, 9.17) is 9.72 Å². The van der Waals surface area contributed by atoms with Crippen molar-refractivity contribution in [2.75, 3.05) is 6.61 Å². The lowest BCUT2D eigenvalue weighted by Gasteiger charge is -2.21. The van der Waals surface area contributed by atoms with Gasteiger partial charge in [0.05, 0.1) is 24.5 Å². The molecule has 3 aromatic rings. The first-order valence-electron chi connectivity index (χ1n) is 9.75. The number of fused-ring (bicyclic) bond motifs is 4. The van der Waals surface area contributed by atoms with Gasteiger partial charge in [0.2, 0.25) is 5.91 Å². The fourth-order valence-corrected chi connectivity index (χ4v) is 4.53. The summed E-state index contributed by atoms with van der Waals surface area (Å²) in [6.45, 7) is 3.10. The second kappa shape index (κ2) is 6.41. The Balaban J connectivity index is 1.74. The van der Waals surface area contributed by atoms with Crippen molar-refractivity contribution in [1.82, 2.24) is 14.7 Å². The predicted octanol–water partition coefficient (Wildman–Crippen LogP) is 3.37. The number of rotatable bonds is 3. The van der Waals surface area contributed by atoms with E-state index in [0.29, 0.717) is 19.6 Å². The molecule has 1 atom stereocenters. The number of pyridine rings is 1. The Morgan fingerprint density at radius 2 is 2.11 bits per heavy atom. The molecule has 0 saturated carbocycles. The van der Waals surface area contributed by atoms with E-state index in [1.54, 1.807) is 0 Å². The number of hydrogen-bond donors (Lipinski definition) is 1. The molecule has 3 heterocycles. The fraction of sp³-hybridized carbons (Fsp3) is 0.364. The van der Waals surface area contributed by atoms with Crippen LogP contribution in [0.5, 0.6) is 5.75 Å². The van der Waals surface area contributed by atoms with Gasteiger partial charge in [-0.25, -0.2) is 4.98 Å². The van der Waals surface area contributed by atoms with Crippen LogP contribution in [0.15, 0.2) is 36.5 Å². The third-order valence-corrected chi connectivity index (χ3v) is 5.72. The van der Waals surface area contributed by atoms with Gasteiger partial charge in [-0.05, 0) is 55.5 Å². The lowest BCUT2D eigenvalue weighted by molar-refractivity contribution is -0.121. The molecule has 1 N–H and O–H groups in total. The van der Waals surface area contributed by atoms with E-state index in [0.717, 1.165) is 41.2 Å². The zero-order valence-corrected chi connectivity index (χ0v) is 15.5. The van der Waals surface area contributed by atoms with E-state index < -0.39 is 0 Å². The number of nitrogens with zero attached hydrogens (tertiary/aromatic N) is 2. The van der Waals surface area contributed by atoms with Crippen molar-refractivity contribution < 1.29 is 9.53 Å². The zero-order chi connectivity index (χ0) is 18.4. The SMILES string of the molecule is CCOc1cc2c(cc1C1CC(=O)NCc3nc4ccccn4c31)CCC2. The van der Waals surface area contributed by atoms with Gasteiger partial charge in [-0.3, -0.25) is 4.79 Å². The van der Waals surface area contributed by atoms with Gasteiger partial charge in [0.15, 0.2) is 0 Å². The topological polar surface area (TPSA) is 55.6 Å². The number of carbonyl (C=O) groups excluding carboxylic acids is 1. The smallest absolute Gasteiger partial charge is 0.221 e. The summed E-state index contributed by atoms with van der Waals surface area (Å²) in [4.78, 5) is 17.3. The highest BCUT2D eigenvalue weighted by molar-refractivity contribution is 5.79. The number of nitrogens with one attached hydrogen (secondary N) is 1. The maximum absolute atomic E-state index is 12.5. The second-order valence-electron chi connectivity index (χ2n) is 7.35. The van der Waals surface area contributed by atoms with Crippen LogP contribution in [0.2, 0.25) is 0 Å². The van der Waals surface area contributed by atoms with Crippen LogP contribution in [0.1, 0.15) is 53.8 Å². The summed E-state index contributed by atoms with van der Waals surface area (Å²) in [5.74, 6) is 0.910. The Hall–Kier alpha value is -2.82. The summed E-state index contributed by atoms with van der Waals surface area (Å²) in [6, 6.07) is 10.5. The normalized spacial score (nSPS) is 18.7. The summed E-state index contributed by atoms with van der Waals surface area (Å²) in [5.41, 5.74) is 6.86. The highest BCUT2D eigenvalue weighted by atomic mass is 16.5. The standard InChI is InChI=1S/C22H23N3O2/c1-2-27-19-11-15-7-5-6-14(15)10-16(19)17-12-21(26)23-13-18-22(17)25-9-4-3-8-20(25)24-18/h3-4,8-11,17H,2,5-7,12-13H2,1H3,(H,23,26). The van der Waals surface area contributed by atoms with Gasteiger partial charge in [-0.15, -0.1) is 0 Å². The van der Waals surface area contributed by atoms with Crippen LogP contribution in [0.25, 0.3) is 5.65 Å². The van der Waals surface area contributed by atoms with Crippen LogP contribution < -0.4 is 10.1 Å². The van der Waals surface area contributed by atoms with E-state index in [1.165, 1.54) is 17.5 Å². The third-order valence-electron chi connectivity index (χ3n) is 5.72. The summed E-state index contributed by atoms with van der Waals surface area (Å²) in [5, 5.41) is 3.01. The second-order valence-corrected chi connectivity index (χ2v) is 7.35. The Morgan fingerprint density at radius 1 is 1.26 bits per heavy atom. The first-order chi connectivity index (χ1) is 13.2. The predicted molar refractivity (Wildman–Crippen MR) is 103 cm³/mol. The van der Waals surface area contributed by atoms with Crippen molar-refractivity contribution in [3.05, 3.63) is 64.6 Å². The molecule has 5 nitrogen and oxygen atoms in total. The molecule has 1 unspecified atom stereocenters. The van der Waals surface area contributed by atoms with Crippen LogP contribution in [0.4, 0.5) is 0 Å². The number of aromatic nitrogens is 2. The van der Waals surface area contributed by atoms with Gasteiger partial charge >= 0.3 is 0 Å². The molecule has 1 aliphatic carbocycles. The molecule has 138 valence electrons. The van der Waals surface area contributed by atoms with Crippen LogP contribution in [-0.2, 0) is 24.2 Å². The Kier molecular flexibility index (Phi) is 3.88. The number of benzene rings is 1. The first-order valence-corrected chi connectivity index (χ1v) is 9.75. The van der Waals surface area contributed by atoms with E-state index >= 15 is 0 Å². The number of carbonyl (C=O) groups is 1. The Labute approximate surface area is 158 Å². The molecule has 5 rings (SSSR count). The Morgan fingerprint density at radius 3 is 2.96 bits per heavy atom. The van der Waals surface area contributed by atoms with Crippen molar-refractivity contribution >= 4 is 11.6 Å². The first kappa shape index (κ1) is 16.4. The summed E-state index contributed by atoms with van der Waals surface area (Å²) < 4.78 is 8.16. The van der Waals surface area contributed by atoms with E-state index in [2.05, 4.69) is 21.9 Å². The molecule has 1 aromatic carbocycles. The van der Waals surface area contributed by atoms with Gasteiger partial charge in [-0.1, -0.05) is 12.1 Å². The van der Waals surface area contributed by atoms with Crippen LogP contribution in [0, 0.1) is 0 Å². The average Bonchev–Trinajstić information content (AvgIpc) is 3.24. The van der Waals surface area contributed by atoms with Gasteiger partial charge in [0.25, 0.3) is 0 Å². The van der Waals surface area contributed by atoms with Crippen molar-refractivity contribution in [3.63, 3.8) is 0 Å². The van der Waals surface area contributed by atoms with Crippen molar-refractivity contribution in [2.24, 2.45) is 0 Å². The monoisotopic (exact) mass is 361 g/mol. The molecule has 5 heteroatoms. The molecular weight excluding hydrogens is 338 g/mol. The van der Waals surface area contributed by atoms with Crippen molar-refractivity contribution in [2.45, 2.75) is 45.1 Å². The van der Waals surface area contributed by atoms with E-state index in [-0.39, 0.29) is 11.8 Å². The highest BCUT2D eigenvalue weighted by Gasteiger charge is 2.31. The molecule has 0 fully saturated rings. The number of hydrogen-bond acceptors (Lipinski definition) is 3. The van der Waals surface area contributed by atoms with Gasteiger partial charge in [-0.2, -0.15) is 0 Å². The summed E-state index contributed by atoms with van der Waals surface area (Å²) in [7, 11) is 0. The molecule has 1 aliphatic heterocycles.